The molecule has 1 amide bonds. The van der Waals surface area contributed by atoms with Gasteiger partial charge in [0.15, 0.2) is 0 Å². The molecule has 0 aromatic carbocycles. The molecule has 5 heteroatoms. The van der Waals surface area contributed by atoms with Crippen LogP contribution in [0.2, 0.25) is 0 Å². The minimum absolute atomic E-state index is 0.164. The molecule has 1 aliphatic carbocycles. The van der Waals surface area contributed by atoms with Gasteiger partial charge in [0.2, 0.25) is 5.91 Å². The summed E-state index contributed by atoms with van der Waals surface area (Å²) in [7, 11) is 0. The number of nitrogens with two attached hydrogens (primary N) is 1. The average molecular weight is 234 g/mol. The molecule has 1 aromatic heterocycles. The Balaban J connectivity index is 1.73. The number of amides is 1. The van der Waals surface area contributed by atoms with E-state index in [0.29, 0.717) is 24.6 Å². The molecule has 1 fully saturated rings. The van der Waals surface area contributed by atoms with Gasteiger partial charge in [-0.05, 0) is 31.9 Å². The van der Waals surface area contributed by atoms with E-state index in [1.54, 1.807) is 0 Å². The zero-order chi connectivity index (χ0) is 12.3. The fourth-order valence-electron chi connectivity index (χ4n) is 1.57. The number of hydrogen-bond donors (Lipinski definition) is 3. The molecule has 92 valence electrons. The summed E-state index contributed by atoms with van der Waals surface area (Å²) in [6.07, 6.45) is 2.07. The highest BCUT2D eigenvalue weighted by Crippen LogP contribution is 2.28. The molecule has 0 bridgehead atoms. The second-order valence-corrected chi connectivity index (χ2v) is 4.38. The number of rotatable bonds is 5. The van der Waals surface area contributed by atoms with E-state index in [2.05, 4.69) is 15.6 Å². The average Bonchev–Trinajstić information content (AvgIpc) is 3.12. The van der Waals surface area contributed by atoms with Crippen molar-refractivity contribution in [3.8, 4) is 0 Å². The van der Waals surface area contributed by atoms with E-state index in [1.165, 1.54) is 0 Å². The molecule has 2 rings (SSSR count). The molecule has 1 heterocycles. The van der Waals surface area contributed by atoms with Crippen LogP contribution in [0.1, 0.15) is 18.5 Å². The second-order valence-electron chi connectivity index (χ2n) is 4.38. The molecule has 4 N–H and O–H groups in total. The third-order valence-electron chi connectivity index (χ3n) is 2.73. The lowest BCUT2D eigenvalue weighted by Crippen LogP contribution is -2.30. The first-order valence-corrected chi connectivity index (χ1v) is 5.91. The third kappa shape index (κ3) is 3.34. The topological polar surface area (TPSA) is 80.0 Å². The largest absolute Gasteiger partial charge is 0.396 e. The Morgan fingerprint density at radius 2 is 2.24 bits per heavy atom. The number of nitrogens with one attached hydrogen (secondary N) is 2. The smallest absolute Gasteiger partial charge is 0.223 e. The molecule has 0 spiro atoms. The van der Waals surface area contributed by atoms with Crippen LogP contribution >= 0.6 is 0 Å². The highest BCUT2D eigenvalue weighted by Gasteiger charge is 2.28. The summed E-state index contributed by atoms with van der Waals surface area (Å²) in [5, 5.41) is 6.00. The van der Waals surface area contributed by atoms with Crippen LogP contribution < -0.4 is 16.4 Å². The summed E-state index contributed by atoms with van der Waals surface area (Å²) < 4.78 is 0. The monoisotopic (exact) mass is 234 g/mol. The van der Waals surface area contributed by atoms with Crippen molar-refractivity contribution in [2.45, 2.75) is 19.8 Å². The maximum absolute atomic E-state index is 11.4. The molecule has 0 aliphatic heterocycles. The van der Waals surface area contributed by atoms with Crippen molar-refractivity contribution in [1.29, 1.82) is 0 Å². The van der Waals surface area contributed by atoms with Crippen molar-refractivity contribution >= 4 is 17.4 Å². The number of anilines is 2. The first-order valence-electron chi connectivity index (χ1n) is 5.91. The summed E-state index contributed by atoms with van der Waals surface area (Å²) in [5.74, 6) is 1.11. The Kier molecular flexibility index (Phi) is 3.46. The molecule has 0 atom stereocenters. The minimum atomic E-state index is 0.164. The maximum Gasteiger partial charge on any atom is 0.223 e. The highest BCUT2D eigenvalue weighted by atomic mass is 16.2. The molecule has 1 aliphatic rings. The predicted molar refractivity (Wildman–Crippen MR) is 67.6 cm³/mol. The van der Waals surface area contributed by atoms with Gasteiger partial charge in [-0.3, -0.25) is 4.79 Å². The van der Waals surface area contributed by atoms with Crippen LogP contribution in [0.25, 0.3) is 0 Å². The van der Waals surface area contributed by atoms with Crippen LogP contribution in [0.15, 0.2) is 12.1 Å². The van der Waals surface area contributed by atoms with Gasteiger partial charge in [-0.1, -0.05) is 0 Å². The molecule has 1 aromatic rings. The third-order valence-corrected chi connectivity index (χ3v) is 2.73. The van der Waals surface area contributed by atoms with Crippen LogP contribution in [-0.4, -0.2) is 24.0 Å². The van der Waals surface area contributed by atoms with Crippen LogP contribution in [0, 0.1) is 12.8 Å². The Morgan fingerprint density at radius 1 is 1.47 bits per heavy atom. The number of aromatic nitrogens is 1. The Bertz CT molecular complexity index is 415. The zero-order valence-electron chi connectivity index (χ0n) is 9.99. The molecule has 5 nitrogen and oxygen atoms in total. The van der Waals surface area contributed by atoms with Gasteiger partial charge in [-0.2, -0.15) is 0 Å². The van der Waals surface area contributed by atoms with E-state index in [-0.39, 0.29) is 11.8 Å². The lowest BCUT2D eigenvalue weighted by Gasteiger charge is -2.09. The van der Waals surface area contributed by atoms with Crippen molar-refractivity contribution < 1.29 is 4.79 Å². The number of nitrogens with zero attached hydrogens (tertiary/aromatic N) is 1. The van der Waals surface area contributed by atoms with Gasteiger partial charge in [0, 0.05) is 24.7 Å². The quantitative estimate of drug-likeness (QED) is 0.662. The number of carbonyl (C=O) groups excluding carboxylic acids is 1. The van der Waals surface area contributed by atoms with E-state index in [9.17, 15) is 4.79 Å². The molecule has 0 saturated heterocycles. The van der Waals surface area contributed by atoms with Crippen LogP contribution in [0.3, 0.4) is 0 Å². The molecule has 1 saturated carbocycles. The fourth-order valence-corrected chi connectivity index (χ4v) is 1.57. The number of pyridine rings is 1. The van der Waals surface area contributed by atoms with E-state index >= 15 is 0 Å². The first-order chi connectivity index (χ1) is 8.16. The van der Waals surface area contributed by atoms with Crippen molar-refractivity contribution in [1.82, 2.24) is 10.3 Å². The van der Waals surface area contributed by atoms with E-state index in [0.717, 1.165) is 18.5 Å². The molecular formula is C12H18N4O. The van der Waals surface area contributed by atoms with Crippen LogP contribution in [0.5, 0.6) is 0 Å². The molecule has 17 heavy (non-hydrogen) atoms. The standard InChI is InChI=1S/C12H18N4O/c1-8-2-5-10(13)11(16-8)14-6-7-15-12(17)9-3-4-9/h2,5,9H,3-4,6-7,13H2,1H3,(H,14,16)(H,15,17). The maximum atomic E-state index is 11.4. The normalized spacial score (nSPS) is 14.4. The molecular weight excluding hydrogens is 216 g/mol. The highest BCUT2D eigenvalue weighted by molar-refractivity contribution is 5.80. The Morgan fingerprint density at radius 3 is 2.94 bits per heavy atom. The van der Waals surface area contributed by atoms with E-state index in [4.69, 9.17) is 5.73 Å². The number of carbonyl (C=O) groups is 1. The van der Waals surface area contributed by atoms with Gasteiger partial charge < -0.3 is 16.4 Å². The van der Waals surface area contributed by atoms with Gasteiger partial charge >= 0.3 is 0 Å². The van der Waals surface area contributed by atoms with Gasteiger partial charge in [0.25, 0.3) is 0 Å². The summed E-state index contributed by atoms with van der Waals surface area (Å²) in [5.41, 5.74) is 7.33. The Hall–Kier alpha value is -1.78. The SMILES string of the molecule is Cc1ccc(N)c(NCCNC(=O)C2CC2)n1. The summed E-state index contributed by atoms with van der Waals surface area (Å²) in [4.78, 5) is 15.6. The van der Waals surface area contributed by atoms with Crippen LogP contribution in [0.4, 0.5) is 11.5 Å². The summed E-state index contributed by atoms with van der Waals surface area (Å²) in [6.45, 7) is 3.16. The second kappa shape index (κ2) is 5.03. The van der Waals surface area contributed by atoms with Gasteiger partial charge in [0.1, 0.15) is 5.82 Å². The zero-order valence-corrected chi connectivity index (χ0v) is 9.99. The van der Waals surface area contributed by atoms with E-state index < -0.39 is 0 Å². The lowest BCUT2D eigenvalue weighted by atomic mass is 10.3. The number of aryl methyl sites for hydroxylation is 1. The van der Waals surface area contributed by atoms with Gasteiger partial charge in [-0.25, -0.2) is 4.98 Å². The Labute approximate surface area is 101 Å². The van der Waals surface area contributed by atoms with Gasteiger partial charge in [0.05, 0.1) is 5.69 Å². The summed E-state index contributed by atoms with van der Waals surface area (Å²) >= 11 is 0. The predicted octanol–water partition coefficient (Wildman–Crippen LogP) is 0.910. The van der Waals surface area contributed by atoms with Crippen molar-refractivity contribution in [3.63, 3.8) is 0 Å². The van der Waals surface area contributed by atoms with Crippen LogP contribution in [-0.2, 0) is 4.79 Å². The van der Waals surface area contributed by atoms with Crippen molar-refractivity contribution in [2.24, 2.45) is 5.92 Å². The van der Waals surface area contributed by atoms with Gasteiger partial charge in [-0.15, -0.1) is 0 Å². The number of hydrogen-bond acceptors (Lipinski definition) is 4. The lowest BCUT2D eigenvalue weighted by molar-refractivity contribution is -0.122. The molecule has 0 radical (unpaired) electrons. The van der Waals surface area contributed by atoms with Crippen molar-refractivity contribution in [2.75, 3.05) is 24.1 Å². The number of nitrogen functional groups attached to an aromatic ring is 1. The van der Waals surface area contributed by atoms with Crippen molar-refractivity contribution in [3.05, 3.63) is 17.8 Å². The minimum Gasteiger partial charge on any atom is -0.396 e. The summed E-state index contributed by atoms with van der Waals surface area (Å²) in [6, 6.07) is 3.70. The van der Waals surface area contributed by atoms with E-state index in [1.807, 2.05) is 19.1 Å². The molecule has 0 unspecified atom stereocenters. The fraction of sp³-hybridized carbons (Fsp3) is 0.500. The first kappa shape index (κ1) is 11.7.